The molecule has 0 aromatic carbocycles. The van der Waals surface area contributed by atoms with Crippen LogP contribution in [0.1, 0.15) is 16.6 Å². The van der Waals surface area contributed by atoms with Gasteiger partial charge in [-0.2, -0.15) is 0 Å². The normalized spacial score (nSPS) is 23.1. The second-order valence-corrected chi connectivity index (χ2v) is 5.90. The highest BCUT2D eigenvalue weighted by Gasteiger charge is 2.33. The van der Waals surface area contributed by atoms with E-state index in [2.05, 4.69) is 25.7 Å². The zero-order valence-electron chi connectivity index (χ0n) is 11.5. The third kappa shape index (κ3) is 3.14. The average Bonchev–Trinajstić information content (AvgIpc) is 2.87. The highest BCUT2D eigenvalue weighted by atomic mass is 32.1. The van der Waals surface area contributed by atoms with Crippen LogP contribution in [0.25, 0.3) is 0 Å². The standard InChI is InChI=1S/C12H16N4O4S/c1-19-9(17)3-13-11(18)16-12-15-7-2-6-4-20-5-8(14-6)10(7)21-12/h6,8,14H,2-5H2,1H3,(H2,13,15,16,18). The first-order valence-corrected chi connectivity index (χ1v) is 7.42. The Hall–Kier alpha value is -1.71. The van der Waals surface area contributed by atoms with Crippen molar-refractivity contribution in [2.75, 3.05) is 32.2 Å². The molecule has 3 rings (SSSR count). The Kier molecular flexibility index (Phi) is 4.04. The van der Waals surface area contributed by atoms with Crippen LogP contribution < -0.4 is 16.0 Å². The number of carbonyl (C=O) groups excluding carboxylic acids is 2. The van der Waals surface area contributed by atoms with Gasteiger partial charge in [0, 0.05) is 17.3 Å². The molecule has 3 heterocycles. The second-order valence-electron chi connectivity index (χ2n) is 4.87. The van der Waals surface area contributed by atoms with Crippen molar-refractivity contribution in [3.05, 3.63) is 10.6 Å². The maximum atomic E-state index is 11.7. The first-order chi connectivity index (χ1) is 10.2. The average molecular weight is 312 g/mol. The number of morpholine rings is 1. The zero-order valence-corrected chi connectivity index (χ0v) is 12.3. The first-order valence-electron chi connectivity index (χ1n) is 6.60. The number of aromatic nitrogens is 1. The molecule has 2 atom stereocenters. The number of rotatable bonds is 3. The SMILES string of the molecule is COC(=O)CNC(=O)Nc1nc2c(s1)C1COCC(C2)N1. The molecule has 2 aliphatic heterocycles. The molecular weight excluding hydrogens is 296 g/mol. The minimum atomic E-state index is -0.501. The summed E-state index contributed by atoms with van der Waals surface area (Å²) >= 11 is 1.43. The molecular formula is C12H16N4O4S. The maximum Gasteiger partial charge on any atom is 0.325 e. The minimum Gasteiger partial charge on any atom is -0.468 e. The van der Waals surface area contributed by atoms with Crippen molar-refractivity contribution in [2.45, 2.75) is 18.5 Å². The minimum absolute atomic E-state index is 0.152. The van der Waals surface area contributed by atoms with Crippen LogP contribution in [0.5, 0.6) is 0 Å². The number of fused-ring (bicyclic) bond motifs is 4. The van der Waals surface area contributed by atoms with E-state index in [0.29, 0.717) is 24.4 Å². The summed E-state index contributed by atoms with van der Waals surface area (Å²) in [5.41, 5.74) is 1.01. The summed E-state index contributed by atoms with van der Waals surface area (Å²) < 4.78 is 9.97. The predicted molar refractivity (Wildman–Crippen MR) is 75.3 cm³/mol. The molecule has 2 bridgehead atoms. The van der Waals surface area contributed by atoms with Gasteiger partial charge in [-0.05, 0) is 0 Å². The Labute approximate surface area is 125 Å². The highest BCUT2D eigenvalue weighted by Crippen LogP contribution is 2.35. The van der Waals surface area contributed by atoms with E-state index in [1.54, 1.807) is 0 Å². The molecule has 1 saturated heterocycles. The third-order valence-electron chi connectivity index (χ3n) is 3.37. The van der Waals surface area contributed by atoms with Gasteiger partial charge in [-0.1, -0.05) is 11.3 Å². The number of hydrogen-bond donors (Lipinski definition) is 3. The van der Waals surface area contributed by atoms with E-state index >= 15 is 0 Å². The summed E-state index contributed by atoms with van der Waals surface area (Å²) in [7, 11) is 1.27. The summed E-state index contributed by atoms with van der Waals surface area (Å²) in [5, 5.41) is 9.05. The van der Waals surface area contributed by atoms with Crippen molar-refractivity contribution in [2.24, 2.45) is 0 Å². The largest absolute Gasteiger partial charge is 0.468 e. The van der Waals surface area contributed by atoms with Crippen LogP contribution in [0.15, 0.2) is 0 Å². The fraction of sp³-hybridized carbons (Fsp3) is 0.583. The molecule has 114 valence electrons. The molecule has 2 amide bonds. The number of carbonyl (C=O) groups is 2. The Morgan fingerprint density at radius 1 is 1.52 bits per heavy atom. The van der Waals surface area contributed by atoms with Crippen LogP contribution in [-0.4, -0.2) is 49.9 Å². The smallest absolute Gasteiger partial charge is 0.325 e. The van der Waals surface area contributed by atoms with Gasteiger partial charge in [-0.25, -0.2) is 9.78 Å². The lowest BCUT2D eigenvalue weighted by atomic mass is 10.0. The Morgan fingerprint density at radius 3 is 3.19 bits per heavy atom. The number of methoxy groups -OCH3 is 1. The molecule has 0 radical (unpaired) electrons. The van der Waals surface area contributed by atoms with Crippen LogP contribution in [0, 0.1) is 0 Å². The monoisotopic (exact) mass is 312 g/mol. The molecule has 0 spiro atoms. The van der Waals surface area contributed by atoms with Crippen molar-refractivity contribution in [3.63, 3.8) is 0 Å². The molecule has 8 nitrogen and oxygen atoms in total. The van der Waals surface area contributed by atoms with Gasteiger partial charge < -0.3 is 20.1 Å². The Balaban J connectivity index is 1.62. The number of hydrogen-bond acceptors (Lipinski definition) is 7. The molecule has 2 unspecified atom stereocenters. The van der Waals surface area contributed by atoms with Crippen LogP contribution in [0.2, 0.25) is 0 Å². The summed E-state index contributed by atoms with van der Waals surface area (Å²) in [6, 6.07) is -0.0308. The van der Waals surface area contributed by atoms with E-state index in [1.807, 2.05) is 0 Å². The second kappa shape index (κ2) is 5.96. The van der Waals surface area contributed by atoms with Crippen LogP contribution in [0.3, 0.4) is 0 Å². The summed E-state index contributed by atoms with van der Waals surface area (Å²) in [6.45, 7) is 1.14. The van der Waals surface area contributed by atoms with Crippen molar-refractivity contribution in [3.8, 4) is 0 Å². The van der Waals surface area contributed by atoms with E-state index in [-0.39, 0.29) is 12.6 Å². The van der Waals surface area contributed by atoms with Gasteiger partial charge in [0.15, 0.2) is 5.13 Å². The number of nitrogens with one attached hydrogen (secondary N) is 3. The van der Waals surface area contributed by atoms with E-state index < -0.39 is 12.0 Å². The van der Waals surface area contributed by atoms with Crippen molar-refractivity contribution in [1.82, 2.24) is 15.6 Å². The molecule has 1 aromatic rings. The molecule has 2 aliphatic rings. The van der Waals surface area contributed by atoms with Crippen LogP contribution >= 0.6 is 11.3 Å². The van der Waals surface area contributed by atoms with E-state index in [9.17, 15) is 9.59 Å². The lowest BCUT2D eigenvalue weighted by molar-refractivity contribution is -0.139. The Morgan fingerprint density at radius 2 is 2.38 bits per heavy atom. The van der Waals surface area contributed by atoms with Gasteiger partial charge in [0.05, 0.1) is 32.1 Å². The van der Waals surface area contributed by atoms with Gasteiger partial charge in [0.1, 0.15) is 6.54 Å². The van der Waals surface area contributed by atoms with Crippen molar-refractivity contribution in [1.29, 1.82) is 0 Å². The van der Waals surface area contributed by atoms with E-state index in [1.165, 1.54) is 18.4 Å². The van der Waals surface area contributed by atoms with Gasteiger partial charge in [-0.3, -0.25) is 10.1 Å². The van der Waals surface area contributed by atoms with Crippen LogP contribution in [-0.2, 0) is 20.7 Å². The summed E-state index contributed by atoms with van der Waals surface area (Å²) in [6.07, 6.45) is 0.799. The molecule has 1 fully saturated rings. The Bertz CT molecular complexity index is 561. The number of ether oxygens (including phenoxy) is 2. The molecule has 0 saturated carbocycles. The van der Waals surface area contributed by atoms with E-state index in [0.717, 1.165) is 17.0 Å². The van der Waals surface area contributed by atoms with Crippen molar-refractivity contribution < 1.29 is 19.1 Å². The number of thiazole rings is 1. The predicted octanol–water partition coefficient (Wildman–Crippen LogP) is 0.0232. The summed E-state index contributed by atoms with van der Waals surface area (Å²) in [5.74, 6) is -0.501. The fourth-order valence-electron chi connectivity index (χ4n) is 2.41. The van der Waals surface area contributed by atoms with Gasteiger partial charge in [0.2, 0.25) is 0 Å². The molecule has 9 heteroatoms. The molecule has 3 N–H and O–H groups in total. The highest BCUT2D eigenvalue weighted by molar-refractivity contribution is 7.16. The van der Waals surface area contributed by atoms with Gasteiger partial charge >= 0.3 is 12.0 Å². The molecule has 0 aliphatic carbocycles. The van der Waals surface area contributed by atoms with Gasteiger partial charge in [0.25, 0.3) is 0 Å². The zero-order chi connectivity index (χ0) is 14.8. The maximum absolute atomic E-state index is 11.7. The number of urea groups is 1. The quantitative estimate of drug-likeness (QED) is 0.680. The number of esters is 1. The van der Waals surface area contributed by atoms with Crippen LogP contribution in [0.4, 0.5) is 9.93 Å². The molecule has 1 aromatic heterocycles. The summed E-state index contributed by atoms with van der Waals surface area (Å²) in [4.78, 5) is 28.2. The fourth-order valence-corrected chi connectivity index (χ4v) is 3.45. The number of nitrogens with zero attached hydrogens (tertiary/aromatic N) is 1. The lowest BCUT2D eigenvalue weighted by Crippen LogP contribution is -2.48. The number of anilines is 1. The van der Waals surface area contributed by atoms with Gasteiger partial charge in [-0.15, -0.1) is 0 Å². The topological polar surface area (TPSA) is 102 Å². The van der Waals surface area contributed by atoms with E-state index in [4.69, 9.17) is 4.74 Å². The first kappa shape index (κ1) is 14.2. The van der Waals surface area contributed by atoms with Crippen molar-refractivity contribution >= 4 is 28.5 Å². The number of amides is 2. The molecule has 21 heavy (non-hydrogen) atoms. The lowest BCUT2D eigenvalue weighted by Gasteiger charge is -2.34. The third-order valence-corrected chi connectivity index (χ3v) is 4.49.